The second-order valence-corrected chi connectivity index (χ2v) is 12.7. The minimum absolute atomic E-state index is 0.0112. The summed E-state index contributed by atoms with van der Waals surface area (Å²) in [6.07, 6.45) is -1.50. The maximum absolute atomic E-state index is 13.6. The number of alkyl halides is 3. The second kappa shape index (κ2) is 10.9. The molecule has 0 spiro atoms. The molecular formula is C30H36F3N7O3. The Kier molecular flexibility index (Phi) is 7.48. The van der Waals surface area contributed by atoms with Gasteiger partial charge < -0.3 is 30.2 Å². The van der Waals surface area contributed by atoms with Crippen molar-refractivity contribution in [3.63, 3.8) is 0 Å². The number of ether oxygens (including phenoxy) is 1. The van der Waals surface area contributed by atoms with Gasteiger partial charge >= 0.3 is 6.18 Å². The molecule has 0 amide bonds. The topological polar surface area (TPSA) is 138 Å². The van der Waals surface area contributed by atoms with E-state index in [4.69, 9.17) is 10.5 Å². The van der Waals surface area contributed by atoms with Crippen molar-refractivity contribution in [2.45, 2.75) is 75.8 Å². The number of hydrogen-bond acceptors (Lipinski definition) is 8. The minimum atomic E-state index is -4.44. The van der Waals surface area contributed by atoms with Crippen molar-refractivity contribution >= 4 is 34.0 Å². The average Bonchev–Trinajstić information content (AvgIpc) is 3.58. The van der Waals surface area contributed by atoms with Gasteiger partial charge in [-0.3, -0.25) is 4.90 Å². The number of nitrogens with one attached hydrogen (secondary N) is 1. The number of hydrogen-bond donors (Lipinski definition) is 4. The summed E-state index contributed by atoms with van der Waals surface area (Å²) in [5.74, 6) is 1.03. The third kappa shape index (κ3) is 5.99. The third-order valence-corrected chi connectivity index (χ3v) is 8.51. The van der Waals surface area contributed by atoms with Crippen LogP contribution in [0.1, 0.15) is 51.2 Å². The number of fused-ring (bicyclic) bond motifs is 2. The maximum atomic E-state index is 13.6. The van der Waals surface area contributed by atoms with Crippen molar-refractivity contribution in [1.82, 2.24) is 29.4 Å². The number of anilines is 1. The number of benzene rings is 1. The van der Waals surface area contributed by atoms with Gasteiger partial charge in [-0.05, 0) is 54.0 Å². The Hall–Kier alpha value is -3.52. The Morgan fingerprint density at radius 3 is 2.63 bits per heavy atom. The highest BCUT2D eigenvalue weighted by atomic mass is 19.4. The normalized spacial score (nSPS) is 26.7. The summed E-state index contributed by atoms with van der Waals surface area (Å²) in [7, 11) is 0. The summed E-state index contributed by atoms with van der Waals surface area (Å²) in [6, 6.07) is 7.46. The van der Waals surface area contributed by atoms with Gasteiger partial charge in [0, 0.05) is 18.8 Å². The second-order valence-electron chi connectivity index (χ2n) is 12.7. The van der Waals surface area contributed by atoms with Crippen molar-refractivity contribution in [3.05, 3.63) is 54.3 Å². The van der Waals surface area contributed by atoms with E-state index < -0.39 is 37.3 Å². The van der Waals surface area contributed by atoms with Gasteiger partial charge in [0.15, 0.2) is 6.23 Å². The van der Waals surface area contributed by atoms with Gasteiger partial charge in [-0.25, -0.2) is 15.0 Å². The molecule has 1 aliphatic heterocycles. The number of aliphatic hydroxyl groups is 2. The molecule has 10 nitrogen and oxygen atoms in total. The summed E-state index contributed by atoms with van der Waals surface area (Å²) in [4.78, 5) is 17.4. The summed E-state index contributed by atoms with van der Waals surface area (Å²) in [6.45, 7) is 5.12. The van der Waals surface area contributed by atoms with E-state index in [1.807, 2.05) is 18.2 Å². The van der Waals surface area contributed by atoms with E-state index in [2.05, 4.69) is 52.8 Å². The molecule has 3 aromatic heterocycles. The smallest absolute Gasteiger partial charge is 0.387 e. The lowest BCUT2D eigenvalue weighted by Gasteiger charge is -2.43. The van der Waals surface area contributed by atoms with E-state index in [1.165, 1.54) is 21.4 Å². The molecule has 1 saturated heterocycles. The number of aliphatic hydroxyl groups excluding tert-OH is 2. The Morgan fingerprint density at radius 2 is 1.91 bits per heavy atom. The standard InChI is InChI=1S/C30H36F3N7O3/c1-29(2,3)17-5-6-20-21(12-17)38-23(37-20)7-4-16-10-18(11-16)39(14-30(31,32)33)13-22-24(41)25(42)28(43-22)40-9-8-19-26(34)35-15-36-27(19)40/h4-9,12,15-16,18,22,24-25,28,41-42H,10-11,13-14H2,1-3H3,(H,37,38)(H2,34,35,36)/b7-4-/t16?,18?,22-,24-,25-,28-/m1/s1. The van der Waals surface area contributed by atoms with E-state index in [0.29, 0.717) is 29.7 Å². The summed E-state index contributed by atoms with van der Waals surface area (Å²) in [5.41, 5.74) is 9.29. The highest BCUT2D eigenvalue weighted by Gasteiger charge is 2.47. The number of aromatic nitrogens is 5. The van der Waals surface area contributed by atoms with Crippen LogP contribution in [0.25, 0.3) is 28.1 Å². The quantitative estimate of drug-likeness (QED) is 0.249. The molecule has 0 unspecified atom stereocenters. The molecule has 4 atom stereocenters. The molecule has 230 valence electrons. The lowest BCUT2D eigenvalue weighted by Crippen LogP contribution is -2.52. The number of aromatic amines is 1. The molecule has 43 heavy (non-hydrogen) atoms. The molecule has 4 aromatic rings. The molecule has 6 rings (SSSR count). The molecule has 4 heterocycles. The predicted molar refractivity (Wildman–Crippen MR) is 156 cm³/mol. The van der Waals surface area contributed by atoms with Crippen LogP contribution in [-0.4, -0.2) is 83.2 Å². The molecule has 2 fully saturated rings. The third-order valence-electron chi connectivity index (χ3n) is 8.51. The molecular weight excluding hydrogens is 563 g/mol. The van der Waals surface area contributed by atoms with E-state index >= 15 is 0 Å². The van der Waals surface area contributed by atoms with Gasteiger partial charge in [0.05, 0.1) is 23.0 Å². The Morgan fingerprint density at radius 1 is 1.14 bits per heavy atom. The zero-order valence-electron chi connectivity index (χ0n) is 24.2. The fraction of sp³-hybridized carbons (Fsp3) is 0.500. The number of H-pyrrole nitrogens is 1. The van der Waals surface area contributed by atoms with Crippen molar-refractivity contribution in [2.24, 2.45) is 5.92 Å². The van der Waals surface area contributed by atoms with Crippen LogP contribution in [0.3, 0.4) is 0 Å². The first-order valence-electron chi connectivity index (χ1n) is 14.3. The molecule has 0 radical (unpaired) electrons. The van der Waals surface area contributed by atoms with Crippen molar-refractivity contribution in [1.29, 1.82) is 0 Å². The summed E-state index contributed by atoms with van der Waals surface area (Å²) in [5, 5.41) is 22.1. The van der Waals surface area contributed by atoms with E-state index in [9.17, 15) is 23.4 Å². The van der Waals surface area contributed by atoms with Crippen molar-refractivity contribution in [3.8, 4) is 0 Å². The van der Waals surface area contributed by atoms with E-state index in [1.54, 1.807) is 12.3 Å². The van der Waals surface area contributed by atoms with Crippen LogP contribution in [0, 0.1) is 5.92 Å². The molecule has 13 heteroatoms. The predicted octanol–water partition coefficient (Wildman–Crippen LogP) is 4.16. The van der Waals surface area contributed by atoms with Crippen LogP contribution in [-0.2, 0) is 10.2 Å². The molecule has 0 bridgehead atoms. The average molecular weight is 600 g/mol. The molecule has 1 aliphatic carbocycles. The van der Waals surface area contributed by atoms with E-state index in [-0.39, 0.29) is 29.7 Å². The van der Waals surface area contributed by atoms with Crippen LogP contribution < -0.4 is 5.73 Å². The zero-order chi connectivity index (χ0) is 30.7. The lowest BCUT2D eigenvalue weighted by molar-refractivity contribution is -0.162. The van der Waals surface area contributed by atoms with Gasteiger partial charge in [-0.1, -0.05) is 32.9 Å². The number of rotatable bonds is 7. The first-order chi connectivity index (χ1) is 20.3. The first-order valence-corrected chi connectivity index (χ1v) is 14.3. The fourth-order valence-corrected chi connectivity index (χ4v) is 6.00. The number of imidazole rings is 1. The van der Waals surface area contributed by atoms with Gasteiger partial charge in [0.25, 0.3) is 0 Å². The Labute approximate surface area is 246 Å². The van der Waals surface area contributed by atoms with Gasteiger partial charge in [0.2, 0.25) is 0 Å². The first kappa shape index (κ1) is 29.5. The number of nitrogens with zero attached hydrogens (tertiary/aromatic N) is 5. The zero-order valence-corrected chi connectivity index (χ0v) is 24.2. The maximum Gasteiger partial charge on any atom is 0.401 e. The van der Waals surface area contributed by atoms with Crippen LogP contribution in [0.2, 0.25) is 0 Å². The molecule has 2 aliphatic rings. The largest absolute Gasteiger partial charge is 0.401 e. The number of nitrogens with two attached hydrogens (primary N) is 1. The van der Waals surface area contributed by atoms with Gasteiger partial charge in [-0.2, -0.15) is 13.2 Å². The Balaban J connectivity index is 1.12. The van der Waals surface area contributed by atoms with Crippen LogP contribution in [0.4, 0.5) is 19.0 Å². The summed E-state index contributed by atoms with van der Waals surface area (Å²) < 4.78 is 48.3. The Bertz CT molecular complexity index is 1640. The number of nitrogen functional groups attached to an aromatic ring is 1. The molecule has 1 saturated carbocycles. The highest BCUT2D eigenvalue weighted by Crippen LogP contribution is 2.38. The van der Waals surface area contributed by atoms with Gasteiger partial charge in [0.1, 0.15) is 41.9 Å². The number of allylic oxidation sites excluding steroid dienone is 1. The van der Waals surface area contributed by atoms with Crippen LogP contribution >= 0.6 is 0 Å². The molecule has 5 N–H and O–H groups in total. The lowest BCUT2D eigenvalue weighted by atomic mass is 9.79. The van der Waals surface area contributed by atoms with Crippen molar-refractivity contribution < 1.29 is 28.1 Å². The van der Waals surface area contributed by atoms with E-state index in [0.717, 1.165) is 11.0 Å². The summed E-state index contributed by atoms with van der Waals surface area (Å²) >= 11 is 0. The highest BCUT2D eigenvalue weighted by molar-refractivity contribution is 5.86. The minimum Gasteiger partial charge on any atom is -0.387 e. The number of halogens is 3. The van der Waals surface area contributed by atoms with Gasteiger partial charge in [-0.15, -0.1) is 0 Å². The van der Waals surface area contributed by atoms with Crippen LogP contribution in [0.15, 0.2) is 42.9 Å². The monoisotopic (exact) mass is 599 g/mol. The SMILES string of the molecule is CC(C)(C)c1ccc2nc(/C=C\C3CC(N(C[C@H]4O[C@@H](n5ccc6c(N)ncnc65)[C@H](O)[C@@H]4O)CC(F)(F)F)C3)[nH]c2c1. The molecule has 1 aromatic carbocycles. The fourth-order valence-electron chi connectivity index (χ4n) is 6.00. The van der Waals surface area contributed by atoms with Crippen LogP contribution in [0.5, 0.6) is 0 Å². The van der Waals surface area contributed by atoms with Crippen molar-refractivity contribution in [2.75, 3.05) is 18.8 Å².